The molecule has 2 rings (SSSR count). The molecular weight excluding hydrogens is 234 g/mol. The van der Waals surface area contributed by atoms with Gasteiger partial charge in [-0.15, -0.1) is 0 Å². The van der Waals surface area contributed by atoms with Crippen molar-refractivity contribution in [2.45, 2.75) is 6.54 Å². The molecule has 0 aliphatic carbocycles. The van der Waals surface area contributed by atoms with Gasteiger partial charge in [0.15, 0.2) is 0 Å². The lowest BCUT2D eigenvalue weighted by Gasteiger charge is -2.06. The summed E-state index contributed by atoms with van der Waals surface area (Å²) in [6, 6.07) is 3.27. The highest BCUT2D eigenvalue weighted by molar-refractivity contribution is 5.94. The molecule has 0 unspecified atom stereocenters. The monoisotopic (exact) mass is 247 g/mol. The van der Waals surface area contributed by atoms with Gasteiger partial charge in [-0.05, 0) is 12.1 Å². The van der Waals surface area contributed by atoms with Crippen LogP contribution < -0.4 is 11.1 Å². The van der Waals surface area contributed by atoms with E-state index in [1.165, 1.54) is 12.3 Å². The molecule has 7 heteroatoms. The topological polar surface area (TPSA) is 106 Å². The second kappa shape index (κ2) is 4.74. The molecular formula is C11H13N5O2. The van der Waals surface area contributed by atoms with Gasteiger partial charge in [0.05, 0.1) is 29.7 Å². The minimum atomic E-state index is -1.07. The number of rotatable bonds is 4. The summed E-state index contributed by atoms with van der Waals surface area (Å²) in [6.07, 6.45) is 3.15. The lowest BCUT2D eigenvalue weighted by atomic mass is 10.2. The number of hydrogen-bond donors (Lipinski definition) is 3. The van der Waals surface area contributed by atoms with Crippen molar-refractivity contribution >= 4 is 17.5 Å². The first-order valence-corrected chi connectivity index (χ1v) is 5.27. The van der Waals surface area contributed by atoms with Crippen LogP contribution in [0.5, 0.6) is 0 Å². The van der Waals surface area contributed by atoms with Crippen LogP contribution in [0, 0.1) is 0 Å². The van der Waals surface area contributed by atoms with Gasteiger partial charge < -0.3 is 16.2 Å². The smallest absolute Gasteiger partial charge is 0.337 e. The summed E-state index contributed by atoms with van der Waals surface area (Å²) in [6.45, 7) is 0.469. The number of nitrogens with zero attached hydrogens (tertiary/aromatic N) is 3. The fourth-order valence-corrected chi connectivity index (χ4v) is 1.49. The molecule has 0 aliphatic rings. The van der Waals surface area contributed by atoms with Crippen LogP contribution >= 0.6 is 0 Å². The van der Waals surface area contributed by atoms with E-state index in [4.69, 9.17) is 10.8 Å². The predicted octanol–water partition coefficient (Wildman–Crippen LogP) is 0.708. The van der Waals surface area contributed by atoms with E-state index < -0.39 is 5.97 Å². The summed E-state index contributed by atoms with van der Waals surface area (Å²) in [5.41, 5.74) is 6.53. The Bertz CT molecular complexity index is 579. The van der Waals surface area contributed by atoms with Crippen molar-refractivity contribution in [3.8, 4) is 0 Å². The van der Waals surface area contributed by atoms with Crippen molar-refractivity contribution in [2.24, 2.45) is 7.05 Å². The predicted molar refractivity (Wildman–Crippen MR) is 66.1 cm³/mol. The summed E-state index contributed by atoms with van der Waals surface area (Å²) >= 11 is 0. The van der Waals surface area contributed by atoms with Gasteiger partial charge in [-0.25, -0.2) is 9.78 Å². The number of carboxylic acids is 1. The van der Waals surface area contributed by atoms with Crippen molar-refractivity contribution in [2.75, 3.05) is 11.1 Å². The number of hydrogen-bond acceptors (Lipinski definition) is 5. The molecule has 2 aromatic heterocycles. The van der Waals surface area contributed by atoms with Crippen LogP contribution in [0.2, 0.25) is 0 Å². The summed E-state index contributed by atoms with van der Waals surface area (Å²) in [4.78, 5) is 14.9. The van der Waals surface area contributed by atoms with Crippen LogP contribution in [0.4, 0.5) is 11.5 Å². The number of aromatic nitrogens is 3. The zero-order valence-corrected chi connectivity index (χ0v) is 9.79. The third-order valence-corrected chi connectivity index (χ3v) is 2.38. The van der Waals surface area contributed by atoms with E-state index in [9.17, 15) is 4.79 Å². The van der Waals surface area contributed by atoms with Gasteiger partial charge in [-0.1, -0.05) is 0 Å². The SMILES string of the molecule is Cn1ccc(CNc2cc(C(=O)O)c(N)cn2)n1. The molecule has 0 amide bonds. The van der Waals surface area contributed by atoms with Gasteiger partial charge in [0.25, 0.3) is 0 Å². The molecule has 2 aromatic rings. The normalized spacial score (nSPS) is 10.3. The Labute approximate surface area is 103 Å². The Kier molecular flexibility index (Phi) is 3.13. The highest BCUT2D eigenvalue weighted by Gasteiger charge is 2.09. The number of aryl methyl sites for hydroxylation is 1. The van der Waals surface area contributed by atoms with Crippen LogP contribution in [-0.2, 0) is 13.6 Å². The lowest BCUT2D eigenvalue weighted by molar-refractivity contribution is 0.0698. The minimum Gasteiger partial charge on any atom is -0.478 e. The summed E-state index contributed by atoms with van der Waals surface area (Å²) in [5, 5.41) is 16.1. The van der Waals surface area contributed by atoms with Gasteiger partial charge >= 0.3 is 5.97 Å². The van der Waals surface area contributed by atoms with Crippen molar-refractivity contribution in [1.82, 2.24) is 14.8 Å². The Morgan fingerprint density at radius 1 is 1.61 bits per heavy atom. The van der Waals surface area contributed by atoms with Gasteiger partial charge in [0.1, 0.15) is 5.82 Å². The van der Waals surface area contributed by atoms with Crippen LogP contribution in [0.25, 0.3) is 0 Å². The summed E-state index contributed by atoms with van der Waals surface area (Å²) < 4.78 is 1.69. The molecule has 18 heavy (non-hydrogen) atoms. The number of anilines is 2. The van der Waals surface area contributed by atoms with Crippen LogP contribution in [0.15, 0.2) is 24.5 Å². The third-order valence-electron chi connectivity index (χ3n) is 2.38. The summed E-state index contributed by atoms with van der Waals surface area (Å²) in [7, 11) is 1.83. The zero-order chi connectivity index (χ0) is 13.1. The summed E-state index contributed by atoms with van der Waals surface area (Å²) in [5.74, 6) is -0.622. The maximum atomic E-state index is 10.9. The molecule has 0 fully saturated rings. The Morgan fingerprint density at radius 3 is 3.00 bits per heavy atom. The zero-order valence-electron chi connectivity index (χ0n) is 9.79. The molecule has 0 radical (unpaired) electrons. The Hall–Kier alpha value is -2.57. The molecule has 0 atom stereocenters. The molecule has 0 aromatic carbocycles. The fourth-order valence-electron chi connectivity index (χ4n) is 1.49. The van der Waals surface area contributed by atoms with E-state index >= 15 is 0 Å². The number of nitrogen functional groups attached to an aromatic ring is 1. The van der Waals surface area contributed by atoms with Crippen molar-refractivity contribution in [3.05, 3.63) is 35.8 Å². The third kappa shape index (κ3) is 2.57. The number of carboxylic acid groups (broad SMARTS) is 1. The molecule has 0 saturated carbocycles. The van der Waals surface area contributed by atoms with Crippen LogP contribution in [-0.4, -0.2) is 25.8 Å². The first kappa shape index (κ1) is 11.9. The Morgan fingerprint density at radius 2 is 2.39 bits per heavy atom. The second-order valence-electron chi connectivity index (χ2n) is 3.80. The maximum Gasteiger partial charge on any atom is 0.337 e. The Balaban J connectivity index is 2.10. The van der Waals surface area contributed by atoms with Gasteiger partial charge in [0, 0.05) is 13.2 Å². The maximum absolute atomic E-state index is 10.9. The van der Waals surface area contributed by atoms with E-state index in [1.54, 1.807) is 4.68 Å². The first-order valence-electron chi connectivity index (χ1n) is 5.27. The first-order chi connectivity index (χ1) is 8.56. The highest BCUT2D eigenvalue weighted by Crippen LogP contribution is 2.15. The average Bonchev–Trinajstić information content (AvgIpc) is 2.74. The van der Waals surface area contributed by atoms with E-state index in [-0.39, 0.29) is 11.3 Å². The molecule has 2 heterocycles. The molecule has 94 valence electrons. The second-order valence-corrected chi connectivity index (χ2v) is 3.80. The fraction of sp³-hybridized carbons (Fsp3) is 0.182. The van der Waals surface area contributed by atoms with Crippen LogP contribution in [0.3, 0.4) is 0 Å². The molecule has 0 spiro atoms. The van der Waals surface area contributed by atoms with E-state index in [0.29, 0.717) is 12.4 Å². The lowest BCUT2D eigenvalue weighted by Crippen LogP contribution is -2.07. The average molecular weight is 247 g/mol. The highest BCUT2D eigenvalue weighted by atomic mass is 16.4. The number of nitrogens with one attached hydrogen (secondary N) is 1. The van der Waals surface area contributed by atoms with Gasteiger partial charge in [-0.3, -0.25) is 4.68 Å². The molecule has 0 saturated heterocycles. The molecule has 7 nitrogen and oxygen atoms in total. The van der Waals surface area contributed by atoms with Gasteiger partial charge in [-0.2, -0.15) is 5.10 Å². The number of nitrogens with two attached hydrogens (primary N) is 1. The number of aromatic carboxylic acids is 1. The van der Waals surface area contributed by atoms with Crippen LogP contribution in [0.1, 0.15) is 16.1 Å². The number of carbonyl (C=O) groups is 1. The minimum absolute atomic E-state index is 0.0357. The molecule has 0 bridgehead atoms. The van der Waals surface area contributed by atoms with Gasteiger partial charge in [0.2, 0.25) is 0 Å². The van der Waals surface area contributed by atoms with Crippen molar-refractivity contribution in [1.29, 1.82) is 0 Å². The molecule has 4 N–H and O–H groups in total. The largest absolute Gasteiger partial charge is 0.478 e. The standard InChI is InChI=1S/C11H13N5O2/c1-16-3-2-7(15-16)5-13-10-4-8(11(17)18)9(12)6-14-10/h2-4,6H,5,12H2,1H3,(H,13,14)(H,17,18). The van der Waals surface area contributed by atoms with Crippen molar-refractivity contribution < 1.29 is 9.90 Å². The van der Waals surface area contributed by atoms with E-state index in [0.717, 1.165) is 5.69 Å². The molecule has 0 aliphatic heterocycles. The van der Waals surface area contributed by atoms with Crippen molar-refractivity contribution in [3.63, 3.8) is 0 Å². The quantitative estimate of drug-likeness (QED) is 0.734. The number of pyridine rings is 1. The van der Waals surface area contributed by atoms with E-state index in [1.807, 2.05) is 19.3 Å². The van der Waals surface area contributed by atoms with E-state index in [2.05, 4.69) is 15.4 Å².